The van der Waals surface area contributed by atoms with Crippen molar-refractivity contribution in [2.75, 3.05) is 34.5 Å². The van der Waals surface area contributed by atoms with Crippen LogP contribution in [0.25, 0.3) is 0 Å². The van der Waals surface area contributed by atoms with Crippen molar-refractivity contribution in [1.29, 1.82) is 0 Å². The highest BCUT2D eigenvalue weighted by Gasteiger charge is 2.39. The lowest BCUT2D eigenvalue weighted by atomic mass is 9.91. The molecule has 1 fully saturated rings. The molecule has 1 heterocycles. The molecule has 1 atom stereocenters. The largest absolute Gasteiger partial charge is 0.497 e. The van der Waals surface area contributed by atoms with Crippen LogP contribution in [0, 0.1) is 5.92 Å². The van der Waals surface area contributed by atoms with Gasteiger partial charge in [-0.25, -0.2) is 0 Å². The molecule has 0 spiro atoms. The number of hydrogen-bond donors (Lipinski definition) is 0. The Hall–Kier alpha value is -2.89. The number of amides is 1. The number of hydrogen-bond acceptors (Lipinski definition) is 5. The van der Waals surface area contributed by atoms with Gasteiger partial charge in [-0.3, -0.25) is 4.79 Å². The number of nitrogens with zero attached hydrogens (tertiary/aromatic N) is 1. The van der Waals surface area contributed by atoms with Crippen LogP contribution in [0.3, 0.4) is 0 Å². The summed E-state index contributed by atoms with van der Waals surface area (Å²) >= 11 is 0. The molecule has 154 valence electrons. The number of benzene rings is 2. The molecule has 0 N–H and O–H groups in total. The van der Waals surface area contributed by atoms with Gasteiger partial charge in [0.25, 0.3) is 0 Å². The molecule has 0 saturated heterocycles. The predicted molar refractivity (Wildman–Crippen MR) is 109 cm³/mol. The van der Waals surface area contributed by atoms with Gasteiger partial charge in [0.05, 0.1) is 27.4 Å². The van der Waals surface area contributed by atoms with Crippen molar-refractivity contribution in [3.05, 3.63) is 47.5 Å². The van der Waals surface area contributed by atoms with E-state index >= 15 is 0 Å². The van der Waals surface area contributed by atoms with Crippen LogP contribution >= 0.6 is 0 Å². The molecule has 1 aliphatic carbocycles. The molecule has 0 bridgehead atoms. The summed E-state index contributed by atoms with van der Waals surface area (Å²) < 4.78 is 22.3. The second-order valence-electron chi connectivity index (χ2n) is 7.46. The zero-order valence-electron chi connectivity index (χ0n) is 17.1. The van der Waals surface area contributed by atoms with Crippen LogP contribution in [-0.4, -0.2) is 45.3 Å². The van der Waals surface area contributed by atoms with Gasteiger partial charge in [0.15, 0.2) is 11.5 Å². The quantitative estimate of drug-likeness (QED) is 0.714. The zero-order chi connectivity index (χ0) is 20.4. The Kier molecular flexibility index (Phi) is 5.51. The zero-order valence-corrected chi connectivity index (χ0v) is 17.1. The fourth-order valence-corrected chi connectivity index (χ4v) is 3.88. The Labute approximate surface area is 171 Å². The molecule has 6 heteroatoms. The number of methoxy groups -OCH3 is 3. The number of carbonyl (C=O) groups excluding carboxylic acids is 1. The first kappa shape index (κ1) is 19.4. The van der Waals surface area contributed by atoms with Crippen LogP contribution in [0.5, 0.6) is 23.0 Å². The van der Waals surface area contributed by atoms with Crippen LogP contribution in [0.2, 0.25) is 0 Å². The molecule has 4 rings (SSSR count). The maximum atomic E-state index is 13.0. The molecule has 0 radical (unpaired) electrons. The van der Waals surface area contributed by atoms with Crippen molar-refractivity contribution in [3.63, 3.8) is 0 Å². The van der Waals surface area contributed by atoms with Gasteiger partial charge in [-0.2, -0.15) is 0 Å². The van der Waals surface area contributed by atoms with Crippen molar-refractivity contribution in [3.8, 4) is 23.0 Å². The summed E-state index contributed by atoms with van der Waals surface area (Å²) in [7, 11) is 4.90. The average Bonchev–Trinajstić information content (AvgIpc) is 3.61. The van der Waals surface area contributed by atoms with E-state index in [4.69, 9.17) is 18.9 Å². The molecule has 2 aliphatic rings. The summed E-state index contributed by atoms with van der Waals surface area (Å²) in [5, 5.41) is 0. The summed E-state index contributed by atoms with van der Waals surface area (Å²) in [6, 6.07) is 11.3. The highest BCUT2D eigenvalue weighted by atomic mass is 16.5. The van der Waals surface area contributed by atoms with Gasteiger partial charge in [-0.15, -0.1) is 0 Å². The summed E-state index contributed by atoms with van der Waals surface area (Å²) in [6.45, 7) is 1.07. The summed E-state index contributed by atoms with van der Waals surface area (Å²) in [6.07, 6.45) is 2.77. The van der Waals surface area contributed by atoms with E-state index < -0.39 is 0 Å². The minimum Gasteiger partial charge on any atom is -0.497 e. The molecule has 0 aromatic heterocycles. The number of ether oxygens (including phenoxy) is 4. The number of carbonyl (C=O) groups is 1. The minimum atomic E-state index is -0.159. The average molecular weight is 397 g/mol. The Bertz CT molecular complexity index is 876. The van der Waals surface area contributed by atoms with Gasteiger partial charge in [-0.1, -0.05) is 0 Å². The maximum absolute atomic E-state index is 13.0. The van der Waals surface area contributed by atoms with Gasteiger partial charge in [0.2, 0.25) is 5.91 Å². The van der Waals surface area contributed by atoms with Crippen molar-refractivity contribution >= 4 is 5.91 Å². The van der Waals surface area contributed by atoms with E-state index in [0.29, 0.717) is 24.7 Å². The van der Waals surface area contributed by atoms with Crippen molar-refractivity contribution in [2.45, 2.75) is 25.3 Å². The van der Waals surface area contributed by atoms with E-state index in [9.17, 15) is 4.79 Å². The third-order valence-electron chi connectivity index (χ3n) is 5.68. The van der Waals surface area contributed by atoms with Gasteiger partial charge in [0, 0.05) is 12.5 Å². The van der Waals surface area contributed by atoms with Crippen LogP contribution in [0.4, 0.5) is 0 Å². The van der Waals surface area contributed by atoms with Gasteiger partial charge >= 0.3 is 0 Å². The first-order chi connectivity index (χ1) is 14.1. The van der Waals surface area contributed by atoms with E-state index in [1.807, 2.05) is 41.3 Å². The van der Waals surface area contributed by atoms with E-state index in [-0.39, 0.29) is 17.9 Å². The second kappa shape index (κ2) is 8.23. The number of rotatable bonds is 7. The molecule has 2 aromatic rings. The lowest BCUT2D eigenvalue weighted by Crippen LogP contribution is -2.43. The Balaban J connectivity index is 1.63. The van der Waals surface area contributed by atoms with Crippen LogP contribution in [0.15, 0.2) is 36.4 Å². The molecule has 29 heavy (non-hydrogen) atoms. The van der Waals surface area contributed by atoms with Crippen LogP contribution in [-0.2, 0) is 11.2 Å². The fourth-order valence-electron chi connectivity index (χ4n) is 3.88. The Morgan fingerprint density at radius 2 is 1.62 bits per heavy atom. The number of fused-ring (bicyclic) bond motifs is 1. The summed E-state index contributed by atoms with van der Waals surface area (Å²) in [5.41, 5.74) is 2.24. The van der Waals surface area contributed by atoms with E-state index in [0.717, 1.165) is 36.3 Å². The summed E-state index contributed by atoms with van der Waals surface area (Å²) in [5.74, 6) is 3.30. The smallest absolute Gasteiger partial charge is 0.226 e. The SMILES string of the molecule is COc1ccc(OC[C@H]2c3cc(OC)c(OC)cc3CCN2C(=O)C2CC2)cc1. The molecular weight excluding hydrogens is 370 g/mol. The third kappa shape index (κ3) is 3.97. The van der Waals surface area contributed by atoms with E-state index in [1.165, 1.54) is 5.56 Å². The molecule has 1 saturated carbocycles. The first-order valence-corrected chi connectivity index (χ1v) is 9.96. The third-order valence-corrected chi connectivity index (χ3v) is 5.68. The monoisotopic (exact) mass is 397 g/mol. The molecule has 2 aromatic carbocycles. The molecule has 1 amide bonds. The van der Waals surface area contributed by atoms with Crippen molar-refractivity contribution < 1.29 is 23.7 Å². The van der Waals surface area contributed by atoms with Crippen molar-refractivity contribution in [2.24, 2.45) is 5.92 Å². The lowest BCUT2D eigenvalue weighted by Gasteiger charge is -2.37. The van der Waals surface area contributed by atoms with E-state index in [2.05, 4.69) is 0 Å². The maximum Gasteiger partial charge on any atom is 0.226 e. The fraction of sp³-hybridized carbons (Fsp3) is 0.435. The second-order valence-corrected chi connectivity index (χ2v) is 7.46. The Morgan fingerprint density at radius 1 is 0.966 bits per heavy atom. The lowest BCUT2D eigenvalue weighted by molar-refractivity contribution is -0.136. The molecule has 0 unspecified atom stereocenters. The Morgan fingerprint density at radius 3 is 2.24 bits per heavy atom. The van der Waals surface area contributed by atoms with Crippen molar-refractivity contribution in [1.82, 2.24) is 4.90 Å². The van der Waals surface area contributed by atoms with Crippen LogP contribution < -0.4 is 18.9 Å². The highest BCUT2D eigenvalue weighted by molar-refractivity contribution is 5.82. The van der Waals surface area contributed by atoms with E-state index in [1.54, 1.807) is 21.3 Å². The van der Waals surface area contributed by atoms with Gasteiger partial charge < -0.3 is 23.8 Å². The first-order valence-electron chi connectivity index (χ1n) is 9.96. The van der Waals surface area contributed by atoms with Crippen LogP contribution in [0.1, 0.15) is 30.0 Å². The summed E-state index contributed by atoms with van der Waals surface area (Å²) in [4.78, 5) is 14.9. The predicted octanol–water partition coefficient (Wildman–Crippen LogP) is 3.63. The molecular formula is C23H27NO5. The normalized spacial score (nSPS) is 18.0. The van der Waals surface area contributed by atoms with Gasteiger partial charge in [0.1, 0.15) is 18.1 Å². The standard InChI is InChI=1S/C23H27NO5/c1-26-17-6-8-18(9-7-17)29-14-20-19-13-22(28-3)21(27-2)12-16(19)10-11-24(20)23(25)15-4-5-15/h6-9,12-13,15,20H,4-5,10-11,14H2,1-3H3/t20-/m0/s1. The molecule has 6 nitrogen and oxygen atoms in total. The molecule has 1 aliphatic heterocycles. The topological polar surface area (TPSA) is 57.2 Å². The van der Waals surface area contributed by atoms with Gasteiger partial charge in [-0.05, 0) is 66.8 Å². The highest BCUT2D eigenvalue weighted by Crippen LogP contribution is 2.41. The minimum absolute atomic E-state index is 0.159.